The molecule has 1 aromatic rings. The Morgan fingerprint density at radius 2 is 1.79 bits per heavy atom. The maximum Gasteiger partial charge on any atom is 0.233 e. The smallest absolute Gasteiger partial charge is 0.233 e. The van der Waals surface area contributed by atoms with E-state index in [-0.39, 0.29) is 5.04 Å². The summed E-state index contributed by atoms with van der Waals surface area (Å²) in [6.45, 7) is 19.0. The normalized spacial score (nSPS) is 12.1. The molecule has 1 aromatic heterocycles. The first kappa shape index (κ1) is 20.6. The molecule has 0 atom stereocenters. The number of aromatic nitrogens is 2. The fraction of sp³-hybridized carbons (Fsp3) is 0.667. The van der Waals surface area contributed by atoms with Gasteiger partial charge in [0.05, 0.1) is 13.2 Å². The average Bonchev–Trinajstić information content (AvgIpc) is 2.50. The van der Waals surface area contributed by atoms with E-state index in [1.165, 1.54) is 0 Å². The Kier molecular flexibility index (Phi) is 7.89. The maximum absolute atomic E-state index is 6.14. The summed E-state index contributed by atoms with van der Waals surface area (Å²) in [7, 11) is -1.64. The summed E-state index contributed by atoms with van der Waals surface area (Å²) in [6, 6.07) is 3.60. The molecule has 0 aliphatic rings. The summed E-state index contributed by atoms with van der Waals surface area (Å²) in [5.74, 6) is 1.05. The number of nitrogens with zero attached hydrogens (tertiary/aromatic N) is 2. The van der Waals surface area contributed by atoms with Gasteiger partial charge in [0, 0.05) is 12.7 Å². The molecular weight excluding hydrogens is 320 g/mol. The summed E-state index contributed by atoms with van der Waals surface area (Å²) in [5.41, 5.74) is 0.631. The lowest BCUT2D eigenvalue weighted by molar-refractivity contribution is 0.247. The van der Waals surface area contributed by atoms with Crippen LogP contribution in [-0.2, 0) is 9.16 Å². The third kappa shape index (κ3) is 6.61. The van der Waals surface area contributed by atoms with Crippen molar-refractivity contribution >= 4 is 14.1 Å². The molecule has 0 aliphatic carbocycles. The zero-order valence-electron chi connectivity index (χ0n) is 16.0. The molecule has 136 valence electrons. The molecule has 24 heavy (non-hydrogen) atoms. The predicted octanol–water partition coefficient (Wildman–Crippen LogP) is 4.66. The van der Waals surface area contributed by atoms with Crippen LogP contribution in [0.5, 0.6) is 5.88 Å². The highest BCUT2D eigenvalue weighted by molar-refractivity contribution is 6.74. The van der Waals surface area contributed by atoms with Crippen molar-refractivity contribution in [3.05, 3.63) is 24.4 Å². The molecule has 0 N–H and O–H groups in total. The van der Waals surface area contributed by atoms with Crippen LogP contribution in [0.15, 0.2) is 18.7 Å². The second-order valence-electron chi connectivity index (χ2n) is 7.28. The molecular formula is C18H32N2O3Si. The third-order valence-electron chi connectivity index (χ3n) is 4.30. The first-order valence-electron chi connectivity index (χ1n) is 8.60. The number of ether oxygens (including phenoxy) is 2. The van der Waals surface area contributed by atoms with Gasteiger partial charge in [0.15, 0.2) is 8.32 Å². The molecule has 0 amide bonds. The number of hydrogen-bond donors (Lipinski definition) is 0. The first-order valence-corrected chi connectivity index (χ1v) is 11.5. The molecule has 6 heteroatoms. The van der Waals surface area contributed by atoms with E-state index in [1.807, 2.05) is 6.92 Å². The number of unbranched alkanes of at least 4 members (excludes halogenated alkanes) is 1. The molecule has 1 heterocycles. The van der Waals surface area contributed by atoms with Gasteiger partial charge >= 0.3 is 0 Å². The lowest BCUT2D eigenvalue weighted by atomic mass is 10.2. The minimum atomic E-state index is -1.64. The molecule has 0 spiro atoms. The number of rotatable bonds is 10. The van der Waals surface area contributed by atoms with Gasteiger partial charge in [-0.1, -0.05) is 27.4 Å². The molecule has 5 nitrogen and oxygen atoms in total. The van der Waals surface area contributed by atoms with E-state index in [0.29, 0.717) is 30.5 Å². The van der Waals surface area contributed by atoms with E-state index >= 15 is 0 Å². The highest BCUT2D eigenvalue weighted by Crippen LogP contribution is 2.36. The predicted molar refractivity (Wildman–Crippen MR) is 101 cm³/mol. The van der Waals surface area contributed by atoms with Gasteiger partial charge in [-0.2, -0.15) is 0 Å². The average molecular weight is 353 g/mol. The molecule has 0 radical (unpaired) electrons. The molecule has 0 saturated carbocycles. The van der Waals surface area contributed by atoms with Gasteiger partial charge in [-0.05, 0) is 44.0 Å². The molecule has 0 unspecified atom stereocenters. The molecule has 0 aromatic carbocycles. The van der Waals surface area contributed by atoms with Gasteiger partial charge in [-0.25, -0.2) is 0 Å². The second-order valence-corrected chi connectivity index (χ2v) is 12.1. The lowest BCUT2D eigenvalue weighted by Gasteiger charge is -2.36. The van der Waals surface area contributed by atoms with Crippen LogP contribution >= 0.6 is 0 Å². The molecule has 1 rings (SSSR count). The van der Waals surface area contributed by atoms with E-state index in [9.17, 15) is 0 Å². The van der Waals surface area contributed by atoms with E-state index in [4.69, 9.17) is 13.9 Å². The second kappa shape index (κ2) is 9.18. The van der Waals surface area contributed by atoms with Crippen LogP contribution < -0.4 is 4.74 Å². The Labute approximate surface area is 147 Å². The Balaban J connectivity index is 2.25. The highest BCUT2D eigenvalue weighted by atomic mass is 28.4. The quantitative estimate of drug-likeness (QED) is 0.348. The minimum Gasteiger partial charge on any atom is -0.492 e. The van der Waals surface area contributed by atoms with Crippen LogP contribution in [0.3, 0.4) is 0 Å². The van der Waals surface area contributed by atoms with Crippen LogP contribution in [0.1, 0.15) is 46.2 Å². The fourth-order valence-corrected chi connectivity index (χ4v) is 2.81. The van der Waals surface area contributed by atoms with Crippen LogP contribution in [0.25, 0.3) is 5.76 Å². The van der Waals surface area contributed by atoms with Gasteiger partial charge in [-0.15, -0.1) is 10.2 Å². The van der Waals surface area contributed by atoms with E-state index in [2.05, 4.69) is 50.6 Å². The SMILES string of the molecule is C=C(OCC)c1ccc(OCCCCO[Si](C)(C)C(C)(C)C)nn1. The van der Waals surface area contributed by atoms with Gasteiger partial charge < -0.3 is 13.9 Å². The fourth-order valence-electron chi connectivity index (χ4n) is 1.72. The van der Waals surface area contributed by atoms with Crippen LogP contribution in [0.4, 0.5) is 0 Å². The Bertz CT molecular complexity index is 510. The zero-order chi connectivity index (χ0) is 18.2. The summed E-state index contributed by atoms with van der Waals surface area (Å²) in [5, 5.41) is 8.34. The summed E-state index contributed by atoms with van der Waals surface area (Å²) >= 11 is 0. The van der Waals surface area contributed by atoms with Crippen molar-refractivity contribution in [1.82, 2.24) is 10.2 Å². The van der Waals surface area contributed by atoms with E-state index < -0.39 is 8.32 Å². The Morgan fingerprint density at radius 3 is 2.33 bits per heavy atom. The van der Waals surface area contributed by atoms with Crippen molar-refractivity contribution in [3.63, 3.8) is 0 Å². The monoisotopic (exact) mass is 352 g/mol. The molecule has 0 fully saturated rings. The lowest BCUT2D eigenvalue weighted by Crippen LogP contribution is -2.41. The molecule has 0 saturated heterocycles. The largest absolute Gasteiger partial charge is 0.492 e. The van der Waals surface area contributed by atoms with Gasteiger partial charge in [0.25, 0.3) is 0 Å². The zero-order valence-corrected chi connectivity index (χ0v) is 17.0. The summed E-state index contributed by atoms with van der Waals surface area (Å²) < 4.78 is 17.1. The van der Waals surface area contributed by atoms with Crippen molar-refractivity contribution in [2.24, 2.45) is 0 Å². The topological polar surface area (TPSA) is 53.5 Å². The van der Waals surface area contributed by atoms with E-state index in [0.717, 1.165) is 19.4 Å². The van der Waals surface area contributed by atoms with Crippen molar-refractivity contribution in [3.8, 4) is 5.88 Å². The maximum atomic E-state index is 6.14. The van der Waals surface area contributed by atoms with E-state index in [1.54, 1.807) is 12.1 Å². The van der Waals surface area contributed by atoms with Gasteiger partial charge in [-0.3, -0.25) is 0 Å². The standard InChI is InChI=1S/C18H32N2O3Si/c1-8-21-15(2)16-11-12-17(20-19-16)22-13-9-10-14-23-24(6,7)18(3,4)5/h11-12H,2,8-10,13-14H2,1,3-7H3. The molecule has 0 aliphatic heterocycles. The van der Waals surface area contributed by atoms with Crippen molar-refractivity contribution in [2.45, 2.75) is 58.7 Å². The van der Waals surface area contributed by atoms with Crippen molar-refractivity contribution in [1.29, 1.82) is 0 Å². The minimum absolute atomic E-state index is 0.256. The third-order valence-corrected chi connectivity index (χ3v) is 8.84. The first-order chi connectivity index (χ1) is 11.2. The van der Waals surface area contributed by atoms with Crippen LogP contribution in [0.2, 0.25) is 18.1 Å². The molecule has 0 bridgehead atoms. The van der Waals surface area contributed by atoms with Gasteiger partial charge in [0.2, 0.25) is 5.88 Å². The number of hydrogen-bond acceptors (Lipinski definition) is 5. The highest BCUT2D eigenvalue weighted by Gasteiger charge is 2.36. The summed E-state index contributed by atoms with van der Waals surface area (Å²) in [4.78, 5) is 0. The Morgan fingerprint density at radius 1 is 1.12 bits per heavy atom. The van der Waals surface area contributed by atoms with Crippen molar-refractivity contribution < 1.29 is 13.9 Å². The van der Waals surface area contributed by atoms with Crippen molar-refractivity contribution in [2.75, 3.05) is 19.8 Å². The van der Waals surface area contributed by atoms with Crippen LogP contribution in [-0.4, -0.2) is 38.3 Å². The van der Waals surface area contributed by atoms with Gasteiger partial charge in [0.1, 0.15) is 11.5 Å². The van der Waals surface area contributed by atoms with Crippen LogP contribution in [0, 0.1) is 0 Å². The Hall–Kier alpha value is -1.40. The summed E-state index contributed by atoms with van der Waals surface area (Å²) in [6.07, 6.45) is 1.92.